The highest BCUT2D eigenvalue weighted by Gasteiger charge is 2.41. The maximum Gasteiger partial charge on any atom is 0.141 e. The summed E-state index contributed by atoms with van der Waals surface area (Å²) in [6, 6.07) is 4.36. The smallest absolute Gasteiger partial charge is 0.141 e. The van der Waals surface area contributed by atoms with Crippen molar-refractivity contribution in [2.45, 2.75) is 41.4 Å². The number of nitrogens with two attached hydrogens (primary N) is 1. The molecule has 2 fully saturated rings. The molecule has 2 heterocycles. The molecule has 1 aromatic rings. The van der Waals surface area contributed by atoms with Gasteiger partial charge in [-0.25, -0.2) is 4.39 Å². The molecule has 116 valence electrons. The maximum atomic E-state index is 14.0. The molecular weight excluding hydrogens is 293 g/mol. The van der Waals surface area contributed by atoms with Crippen LogP contribution in [0, 0.1) is 5.82 Å². The van der Waals surface area contributed by atoms with E-state index in [9.17, 15) is 8.60 Å². The molecule has 4 nitrogen and oxygen atoms in total. The van der Waals surface area contributed by atoms with Gasteiger partial charge in [0, 0.05) is 30.8 Å². The molecule has 2 aliphatic rings. The third-order valence-corrected chi connectivity index (χ3v) is 6.10. The fourth-order valence-corrected chi connectivity index (χ4v) is 4.70. The van der Waals surface area contributed by atoms with Crippen LogP contribution in [0.4, 0.5) is 10.1 Å². The molecule has 2 atom stereocenters. The third kappa shape index (κ3) is 3.12. The van der Waals surface area contributed by atoms with Crippen LogP contribution >= 0.6 is 0 Å². The summed E-state index contributed by atoms with van der Waals surface area (Å²) >= 11 is 0. The van der Waals surface area contributed by atoms with Crippen molar-refractivity contribution in [3.63, 3.8) is 0 Å². The Balaban J connectivity index is 1.77. The van der Waals surface area contributed by atoms with E-state index in [4.69, 9.17) is 15.2 Å². The Bertz CT molecular complexity index is 540. The van der Waals surface area contributed by atoms with Gasteiger partial charge in [-0.2, -0.15) is 0 Å². The second-order valence-corrected chi connectivity index (χ2v) is 7.45. The summed E-state index contributed by atoms with van der Waals surface area (Å²) in [4.78, 5) is 0.248. The molecule has 0 radical (unpaired) electrons. The Morgan fingerprint density at radius 2 is 2.05 bits per heavy atom. The van der Waals surface area contributed by atoms with Crippen molar-refractivity contribution in [3.8, 4) is 0 Å². The molecule has 0 aliphatic carbocycles. The van der Waals surface area contributed by atoms with Gasteiger partial charge in [0.05, 0.1) is 21.3 Å². The number of nitrogen functional groups attached to an aromatic ring is 1. The van der Waals surface area contributed by atoms with Gasteiger partial charge < -0.3 is 15.2 Å². The van der Waals surface area contributed by atoms with Crippen molar-refractivity contribution in [2.24, 2.45) is 0 Å². The number of hydrogen-bond donors (Lipinski definition) is 1. The molecule has 1 aromatic carbocycles. The van der Waals surface area contributed by atoms with E-state index in [0.29, 0.717) is 38.3 Å². The number of hydrogen-bond acceptors (Lipinski definition) is 4. The summed E-state index contributed by atoms with van der Waals surface area (Å²) in [6.45, 7) is 1.93. The quantitative estimate of drug-likeness (QED) is 0.851. The minimum Gasteiger partial charge on any atom is -0.399 e. The van der Waals surface area contributed by atoms with Gasteiger partial charge in [-0.05, 0) is 43.9 Å². The van der Waals surface area contributed by atoms with Crippen LogP contribution in [-0.4, -0.2) is 34.9 Å². The van der Waals surface area contributed by atoms with Crippen molar-refractivity contribution >= 4 is 16.5 Å². The Kier molecular flexibility index (Phi) is 4.28. The summed E-state index contributed by atoms with van der Waals surface area (Å²) in [5.74, 6) is -0.485. The highest BCUT2D eigenvalue weighted by Crippen LogP contribution is 2.37. The van der Waals surface area contributed by atoms with E-state index in [0.717, 1.165) is 12.8 Å². The molecule has 0 aromatic heterocycles. The van der Waals surface area contributed by atoms with Gasteiger partial charge in [-0.15, -0.1) is 0 Å². The first-order valence-electron chi connectivity index (χ1n) is 7.27. The van der Waals surface area contributed by atoms with Crippen LogP contribution in [0.25, 0.3) is 0 Å². The lowest BCUT2D eigenvalue weighted by Crippen LogP contribution is -2.47. The molecule has 0 saturated carbocycles. The van der Waals surface area contributed by atoms with Gasteiger partial charge in [0.1, 0.15) is 5.82 Å². The number of ether oxygens (including phenoxy) is 2. The Morgan fingerprint density at radius 1 is 1.29 bits per heavy atom. The van der Waals surface area contributed by atoms with Gasteiger partial charge in [-0.3, -0.25) is 4.21 Å². The lowest BCUT2D eigenvalue weighted by atomic mass is 9.86. The third-order valence-electron chi connectivity index (χ3n) is 4.33. The van der Waals surface area contributed by atoms with Crippen molar-refractivity contribution < 1.29 is 18.1 Å². The van der Waals surface area contributed by atoms with Crippen LogP contribution in [0.5, 0.6) is 0 Å². The van der Waals surface area contributed by atoms with E-state index in [-0.39, 0.29) is 15.7 Å². The van der Waals surface area contributed by atoms with E-state index in [2.05, 4.69) is 0 Å². The predicted molar refractivity (Wildman–Crippen MR) is 79.0 cm³/mol. The standard InChI is InChI=1S/C15H20FNO3S/c16-13-9-11(17)1-2-14(13)21(18)12-3-6-20-15(10-12)4-7-19-8-5-15/h1-2,9,12H,3-8,10,17H2. The van der Waals surface area contributed by atoms with Crippen LogP contribution in [0.2, 0.25) is 0 Å². The number of benzene rings is 1. The summed E-state index contributed by atoms with van der Waals surface area (Å²) < 4.78 is 38.0. The topological polar surface area (TPSA) is 61.6 Å². The van der Waals surface area contributed by atoms with Crippen LogP contribution < -0.4 is 5.73 Å². The first-order valence-corrected chi connectivity index (χ1v) is 8.48. The number of halogens is 1. The lowest BCUT2D eigenvalue weighted by molar-refractivity contribution is -0.131. The van der Waals surface area contributed by atoms with Crippen molar-refractivity contribution in [2.75, 3.05) is 25.6 Å². The molecule has 0 bridgehead atoms. The molecule has 6 heteroatoms. The first kappa shape index (κ1) is 14.9. The van der Waals surface area contributed by atoms with Gasteiger partial charge in [0.2, 0.25) is 0 Å². The molecule has 2 saturated heterocycles. The largest absolute Gasteiger partial charge is 0.399 e. The number of anilines is 1. The zero-order valence-electron chi connectivity index (χ0n) is 11.8. The van der Waals surface area contributed by atoms with Crippen LogP contribution in [0.15, 0.2) is 23.1 Å². The lowest BCUT2D eigenvalue weighted by Gasteiger charge is -2.43. The second-order valence-electron chi connectivity index (χ2n) is 5.75. The predicted octanol–water partition coefficient (Wildman–Crippen LogP) is 2.24. The first-order chi connectivity index (χ1) is 10.1. The van der Waals surface area contributed by atoms with E-state index >= 15 is 0 Å². The van der Waals surface area contributed by atoms with Crippen LogP contribution in [0.1, 0.15) is 25.7 Å². The van der Waals surface area contributed by atoms with Gasteiger partial charge in [0.15, 0.2) is 0 Å². The molecule has 2 unspecified atom stereocenters. The van der Waals surface area contributed by atoms with E-state index < -0.39 is 16.6 Å². The van der Waals surface area contributed by atoms with Crippen molar-refractivity contribution in [1.82, 2.24) is 0 Å². The molecule has 3 rings (SSSR count). The van der Waals surface area contributed by atoms with E-state index in [1.54, 1.807) is 6.07 Å². The number of rotatable bonds is 2. The Labute approximate surface area is 126 Å². The monoisotopic (exact) mass is 313 g/mol. The molecule has 21 heavy (non-hydrogen) atoms. The minimum absolute atomic E-state index is 0.0741. The van der Waals surface area contributed by atoms with Gasteiger partial charge in [0.25, 0.3) is 0 Å². The summed E-state index contributed by atoms with van der Waals surface area (Å²) in [7, 11) is -1.37. The molecular formula is C15H20FNO3S. The fourth-order valence-electron chi connectivity index (χ4n) is 3.12. The molecule has 2 N–H and O–H groups in total. The average Bonchev–Trinajstić information content (AvgIpc) is 2.47. The zero-order valence-corrected chi connectivity index (χ0v) is 12.7. The van der Waals surface area contributed by atoms with E-state index in [1.165, 1.54) is 12.1 Å². The Hall–Kier alpha value is -0.980. The molecule has 0 amide bonds. The highest BCUT2D eigenvalue weighted by molar-refractivity contribution is 7.85. The van der Waals surface area contributed by atoms with Gasteiger partial charge >= 0.3 is 0 Å². The van der Waals surface area contributed by atoms with Crippen molar-refractivity contribution in [1.29, 1.82) is 0 Å². The summed E-state index contributed by atoms with van der Waals surface area (Å²) in [5, 5.41) is -0.0741. The normalized spacial score (nSPS) is 26.6. The Morgan fingerprint density at radius 3 is 2.76 bits per heavy atom. The summed E-state index contributed by atoms with van der Waals surface area (Å²) in [5.41, 5.74) is 5.66. The average molecular weight is 313 g/mol. The highest BCUT2D eigenvalue weighted by atomic mass is 32.2. The van der Waals surface area contributed by atoms with Crippen LogP contribution in [-0.2, 0) is 20.3 Å². The SMILES string of the molecule is Nc1ccc(S(=O)C2CCOC3(CCOCC3)C2)c(F)c1. The second kappa shape index (κ2) is 6.02. The van der Waals surface area contributed by atoms with E-state index in [1.807, 2.05) is 0 Å². The fraction of sp³-hybridized carbons (Fsp3) is 0.600. The van der Waals surface area contributed by atoms with Gasteiger partial charge in [-0.1, -0.05) is 0 Å². The minimum atomic E-state index is -1.37. The molecule has 1 spiro atoms. The summed E-state index contributed by atoms with van der Waals surface area (Å²) in [6.07, 6.45) is 3.04. The van der Waals surface area contributed by atoms with Crippen LogP contribution in [0.3, 0.4) is 0 Å². The zero-order chi connectivity index (χ0) is 14.9. The molecule has 2 aliphatic heterocycles. The maximum absolute atomic E-state index is 14.0. The van der Waals surface area contributed by atoms with Crippen molar-refractivity contribution in [3.05, 3.63) is 24.0 Å².